The van der Waals surface area contributed by atoms with Gasteiger partial charge in [-0.25, -0.2) is 4.98 Å². The van der Waals surface area contributed by atoms with E-state index < -0.39 is 0 Å². The Labute approximate surface area is 98.5 Å². The van der Waals surface area contributed by atoms with Gasteiger partial charge in [0.2, 0.25) is 0 Å². The van der Waals surface area contributed by atoms with Gasteiger partial charge in [0, 0.05) is 27.8 Å². The zero-order valence-corrected chi connectivity index (χ0v) is 10.1. The zero-order valence-electron chi connectivity index (χ0n) is 7.68. The van der Waals surface area contributed by atoms with Crippen molar-refractivity contribution in [1.82, 2.24) is 9.55 Å². The van der Waals surface area contributed by atoms with Gasteiger partial charge in [-0.15, -0.1) is 11.3 Å². The summed E-state index contributed by atoms with van der Waals surface area (Å²) in [6.07, 6.45) is 3.44. The highest BCUT2D eigenvalue weighted by Gasteiger charge is 2.02. The first-order valence-corrected chi connectivity index (χ1v) is 5.82. The fourth-order valence-electron chi connectivity index (χ4n) is 1.19. The second-order valence-electron chi connectivity index (χ2n) is 2.98. The van der Waals surface area contributed by atoms with E-state index in [1.807, 2.05) is 0 Å². The van der Waals surface area contributed by atoms with Gasteiger partial charge in [-0.05, 0) is 22.0 Å². The molecule has 6 heteroatoms. The van der Waals surface area contributed by atoms with Gasteiger partial charge in [0.15, 0.2) is 5.13 Å². The van der Waals surface area contributed by atoms with E-state index in [4.69, 9.17) is 5.73 Å². The summed E-state index contributed by atoms with van der Waals surface area (Å²) in [5.74, 6) is 0. The van der Waals surface area contributed by atoms with Crippen molar-refractivity contribution in [3.8, 4) is 0 Å². The summed E-state index contributed by atoms with van der Waals surface area (Å²) < 4.78 is 2.48. The number of anilines is 1. The van der Waals surface area contributed by atoms with E-state index in [0.717, 1.165) is 9.35 Å². The number of thiazole rings is 1. The molecule has 0 aliphatic carbocycles. The maximum absolute atomic E-state index is 11.5. The normalized spacial score (nSPS) is 10.5. The second-order valence-corrected chi connectivity index (χ2v) is 5.04. The van der Waals surface area contributed by atoms with Gasteiger partial charge in [0.25, 0.3) is 5.56 Å². The Morgan fingerprint density at radius 2 is 2.33 bits per heavy atom. The van der Waals surface area contributed by atoms with Crippen LogP contribution in [0.5, 0.6) is 0 Å². The van der Waals surface area contributed by atoms with Gasteiger partial charge in [-0.3, -0.25) is 4.79 Å². The molecule has 0 aliphatic heterocycles. The summed E-state index contributed by atoms with van der Waals surface area (Å²) in [4.78, 5) is 16.4. The molecule has 2 aromatic heterocycles. The minimum absolute atomic E-state index is 0.0369. The molecule has 15 heavy (non-hydrogen) atoms. The van der Waals surface area contributed by atoms with Gasteiger partial charge in [-0.1, -0.05) is 0 Å². The van der Waals surface area contributed by atoms with Gasteiger partial charge in [0.1, 0.15) is 0 Å². The first-order valence-electron chi connectivity index (χ1n) is 4.21. The second kappa shape index (κ2) is 4.16. The van der Waals surface area contributed by atoms with Crippen molar-refractivity contribution in [1.29, 1.82) is 0 Å². The number of hydrogen-bond acceptors (Lipinski definition) is 4. The molecule has 2 aromatic rings. The average Bonchev–Trinajstić information content (AvgIpc) is 2.58. The molecule has 0 spiro atoms. The van der Waals surface area contributed by atoms with Gasteiger partial charge >= 0.3 is 0 Å². The molecular formula is C9H8BrN3OS. The van der Waals surface area contributed by atoms with Crippen LogP contribution in [0.3, 0.4) is 0 Å². The van der Waals surface area contributed by atoms with Crippen LogP contribution >= 0.6 is 27.3 Å². The third-order valence-electron chi connectivity index (χ3n) is 1.84. The van der Waals surface area contributed by atoms with Crippen molar-refractivity contribution in [2.24, 2.45) is 0 Å². The van der Waals surface area contributed by atoms with Crippen LogP contribution in [-0.4, -0.2) is 9.55 Å². The van der Waals surface area contributed by atoms with E-state index in [2.05, 4.69) is 20.9 Å². The lowest BCUT2D eigenvalue weighted by atomic mass is 10.4. The zero-order chi connectivity index (χ0) is 10.8. The predicted octanol–water partition coefficient (Wildman–Crippen LogP) is 1.70. The number of hydrogen-bond donors (Lipinski definition) is 1. The topological polar surface area (TPSA) is 60.9 Å². The van der Waals surface area contributed by atoms with Crippen molar-refractivity contribution in [2.45, 2.75) is 6.54 Å². The number of pyridine rings is 1. The molecule has 4 nitrogen and oxygen atoms in total. The summed E-state index contributed by atoms with van der Waals surface area (Å²) in [7, 11) is 0. The van der Waals surface area contributed by atoms with Crippen LogP contribution in [0, 0.1) is 0 Å². The van der Waals surface area contributed by atoms with E-state index in [0.29, 0.717) is 11.7 Å². The summed E-state index contributed by atoms with van der Waals surface area (Å²) in [5, 5.41) is 0.521. The molecule has 0 aliphatic rings. The molecule has 78 valence electrons. The summed E-state index contributed by atoms with van der Waals surface area (Å²) in [6, 6.07) is 3.24. The van der Waals surface area contributed by atoms with Crippen molar-refractivity contribution in [3.05, 3.63) is 44.2 Å². The highest BCUT2D eigenvalue weighted by Crippen LogP contribution is 2.15. The van der Waals surface area contributed by atoms with E-state index in [1.54, 1.807) is 23.0 Å². The Balaban J connectivity index is 2.31. The molecule has 0 fully saturated rings. The maximum atomic E-state index is 11.5. The smallest absolute Gasteiger partial charge is 0.250 e. The highest BCUT2D eigenvalue weighted by atomic mass is 79.9. The lowest BCUT2D eigenvalue weighted by molar-refractivity contribution is 0.765. The Morgan fingerprint density at radius 3 is 3.00 bits per heavy atom. The molecular weight excluding hydrogens is 278 g/mol. The van der Waals surface area contributed by atoms with Crippen LogP contribution in [0.25, 0.3) is 0 Å². The Kier molecular flexibility index (Phi) is 2.88. The number of nitrogens with zero attached hydrogens (tertiary/aromatic N) is 2. The molecule has 0 unspecified atom stereocenters. The molecule has 0 bridgehead atoms. The molecule has 2 heterocycles. The maximum Gasteiger partial charge on any atom is 0.250 e. The number of nitrogen functional groups attached to an aromatic ring is 1. The van der Waals surface area contributed by atoms with Gasteiger partial charge in [-0.2, -0.15) is 0 Å². The summed E-state index contributed by atoms with van der Waals surface area (Å²) in [6.45, 7) is 0.507. The molecule has 0 aromatic carbocycles. The molecule has 0 saturated heterocycles. The Bertz CT molecular complexity index is 534. The molecule has 0 saturated carbocycles. The van der Waals surface area contributed by atoms with Crippen molar-refractivity contribution in [2.75, 3.05) is 5.73 Å². The molecule has 0 radical (unpaired) electrons. The summed E-state index contributed by atoms with van der Waals surface area (Å²) >= 11 is 4.71. The Hall–Kier alpha value is -1.14. The van der Waals surface area contributed by atoms with E-state index in [-0.39, 0.29) is 5.56 Å². The van der Waals surface area contributed by atoms with Crippen molar-refractivity contribution in [3.63, 3.8) is 0 Å². The average molecular weight is 286 g/mol. The van der Waals surface area contributed by atoms with Crippen LogP contribution in [0.15, 0.2) is 33.8 Å². The van der Waals surface area contributed by atoms with E-state index >= 15 is 0 Å². The van der Waals surface area contributed by atoms with Gasteiger partial charge in [0.05, 0.1) is 6.54 Å². The lowest BCUT2D eigenvalue weighted by Gasteiger charge is -2.02. The van der Waals surface area contributed by atoms with Crippen LogP contribution < -0.4 is 11.3 Å². The van der Waals surface area contributed by atoms with Gasteiger partial charge < -0.3 is 10.3 Å². The molecule has 2 N–H and O–H groups in total. The minimum atomic E-state index is -0.0369. The fourth-order valence-corrected chi connectivity index (χ4v) is 2.25. The van der Waals surface area contributed by atoms with E-state index in [9.17, 15) is 4.79 Å². The van der Waals surface area contributed by atoms with Crippen molar-refractivity contribution >= 4 is 32.4 Å². The lowest BCUT2D eigenvalue weighted by Crippen LogP contribution is -2.18. The summed E-state index contributed by atoms with van der Waals surface area (Å²) in [5.41, 5.74) is 5.47. The molecule has 0 atom stereocenters. The number of aromatic nitrogens is 2. The Morgan fingerprint density at radius 1 is 1.53 bits per heavy atom. The fraction of sp³-hybridized carbons (Fsp3) is 0.111. The third-order valence-corrected chi connectivity index (χ3v) is 3.13. The van der Waals surface area contributed by atoms with Crippen LogP contribution in [0.4, 0.5) is 5.13 Å². The van der Waals surface area contributed by atoms with Crippen LogP contribution in [0.1, 0.15) is 4.88 Å². The van der Waals surface area contributed by atoms with E-state index in [1.165, 1.54) is 17.4 Å². The number of nitrogens with two attached hydrogens (primary N) is 1. The third kappa shape index (κ3) is 2.45. The van der Waals surface area contributed by atoms with Crippen molar-refractivity contribution < 1.29 is 0 Å². The van der Waals surface area contributed by atoms with Crippen LogP contribution in [-0.2, 0) is 6.54 Å². The minimum Gasteiger partial charge on any atom is -0.375 e. The molecule has 2 rings (SSSR count). The first kappa shape index (κ1) is 10.4. The largest absolute Gasteiger partial charge is 0.375 e. The number of halogens is 1. The number of rotatable bonds is 2. The first-order chi connectivity index (χ1) is 7.15. The predicted molar refractivity (Wildman–Crippen MR) is 64.0 cm³/mol. The molecule has 0 amide bonds. The van der Waals surface area contributed by atoms with Crippen LogP contribution in [0.2, 0.25) is 0 Å². The quantitative estimate of drug-likeness (QED) is 0.914. The SMILES string of the molecule is Nc1ncc(Cn2cc(Br)ccc2=O)s1. The highest BCUT2D eigenvalue weighted by molar-refractivity contribution is 9.10. The monoisotopic (exact) mass is 285 g/mol. The standard InChI is InChI=1S/C9H8BrN3OS/c10-6-1-2-8(14)13(4-6)5-7-3-12-9(11)15-7/h1-4H,5H2,(H2,11,12).